The minimum absolute atomic E-state index is 0.404. The van der Waals surface area contributed by atoms with Crippen molar-refractivity contribution in [2.45, 2.75) is 0 Å². The zero-order valence-corrected chi connectivity index (χ0v) is 11.0. The third-order valence-electron chi connectivity index (χ3n) is 2.13. The van der Waals surface area contributed by atoms with Crippen molar-refractivity contribution < 1.29 is 19.4 Å². The van der Waals surface area contributed by atoms with Crippen LogP contribution in [0.25, 0.3) is 0 Å². The lowest BCUT2D eigenvalue weighted by Gasteiger charge is -2.07. The lowest BCUT2D eigenvalue weighted by atomic mass is 10.3. The molecular formula is C12H11N3O4S. The number of hydrogen-bond donors (Lipinski definition) is 3. The van der Waals surface area contributed by atoms with Gasteiger partial charge in [-0.25, -0.2) is 14.6 Å². The predicted octanol–water partition coefficient (Wildman–Crippen LogP) is 2.25. The number of thiazole rings is 1. The summed E-state index contributed by atoms with van der Waals surface area (Å²) in [5.41, 5.74) is 0.557. The van der Waals surface area contributed by atoms with E-state index in [2.05, 4.69) is 15.6 Å². The molecule has 20 heavy (non-hydrogen) atoms. The van der Waals surface area contributed by atoms with Gasteiger partial charge >= 0.3 is 12.0 Å². The molecule has 1 heterocycles. The summed E-state index contributed by atoms with van der Waals surface area (Å²) < 4.78 is 4.98. The summed E-state index contributed by atoms with van der Waals surface area (Å²) >= 11 is 1.31. The smallest absolute Gasteiger partial charge is 0.341 e. The van der Waals surface area contributed by atoms with Crippen LogP contribution in [0.4, 0.5) is 15.6 Å². The van der Waals surface area contributed by atoms with E-state index < -0.39 is 18.6 Å². The molecule has 0 unspecified atom stereocenters. The van der Waals surface area contributed by atoms with Gasteiger partial charge < -0.3 is 15.2 Å². The first kappa shape index (κ1) is 13.8. The number of nitrogens with zero attached hydrogens (tertiary/aromatic N) is 1. The average molecular weight is 293 g/mol. The van der Waals surface area contributed by atoms with E-state index in [-0.39, 0.29) is 0 Å². The summed E-state index contributed by atoms with van der Waals surface area (Å²) in [5, 5.41) is 15.9. The van der Waals surface area contributed by atoms with Crippen LogP contribution in [0.15, 0.2) is 35.8 Å². The number of carbonyl (C=O) groups is 2. The lowest BCUT2D eigenvalue weighted by molar-refractivity contribution is -0.139. The molecule has 3 N–H and O–H groups in total. The molecule has 7 nitrogen and oxygen atoms in total. The third kappa shape index (κ3) is 4.25. The van der Waals surface area contributed by atoms with Gasteiger partial charge in [-0.15, -0.1) is 11.3 Å². The van der Waals surface area contributed by atoms with Gasteiger partial charge in [0.2, 0.25) is 0 Å². The number of aromatic nitrogens is 1. The topological polar surface area (TPSA) is 101 Å². The number of hydrogen-bond acceptors (Lipinski definition) is 5. The first-order valence-corrected chi connectivity index (χ1v) is 6.43. The zero-order chi connectivity index (χ0) is 14.4. The Morgan fingerprint density at radius 1 is 1.25 bits per heavy atom. The summed E-state index contributed by atoms with van der Waals surface area (Å²) in [6.45, 7) is -0.405. The van der Waals surface area contributed by atoms with E-state index in [1.165, 1.54) is 11.3 Å². The summed E-state index contributed by atoms with van der Waals surface area (Å²) in [6.07, 6.45) is 1.59. The molecule has 2 amide bonds. The Kier molecular flexibility index (Phi) is 4.51. The molecule has 2 aromatic rings. The number of rotatable bonds is 5. The number of carboxylic acid groups (broad SMARTS) is 1. The van der Waals surface area contributed by atoms with Crippen molar-refractivity contribution in [2.24, 2.45) is 0 Å². The number of urea groups is 1. The monoisotopic (exact) mass is 293 g/mol. The van der Waals surface area contributed by atoms with Gasteiger partial charge in [0.15, 0.2) is 11.7 Å². The number of carboxylic acids is 1. The number of carbonyl (C=O) groups excluding carboxylic acids is 1. The first-order chi connectivity index (χ1) is 9.63. The van der Waals surface area contributed by atoms with Crippen LogP contribution in [-0.2, 0) is 4.79 Å². The molecule has 2 rings (SSSR count). The van der Waals surface area contributed by atoms with Gasteiger partial charge in [0, 0.05) is 17.3 Å². The Morgan fingerprint density at radius 3 is 2.60 bits per heavy atom. The maximum absolute atomic E-state index is 11.6. The van der Waals surface area contributed by atoms with E-state index >= 15 is 0 Å². The van der Waals surface area contributed by atoms with E-state index in [0.717, 1.165) is 0 Å². The fourth-order valence-corrected chi connectivity index (χ4v) is 1.85. The largest absolute Gasteiger partial charge is 0.482 e. The minimum Gasteiger partial charge on any atom is -0.482 e. The molecule has 0 bridgehead atoms. The van der Waals surface area contributed by atoms with Gasteiger partial charge in [-0.2, -0.15) is 0 Å². The van der Waals surface area contributed by atoms with Crippen LogP contribution < -0.4 is 15.4 Å². The highest BCUT2D eigenvalue weighted by atomic mass is 32.1. The SMILES string of the molecule is O=C(O)COc1ccc(NC(=O)Nc2nccs2)cc1. The maximum atomic E-state index is 11.6. The molecule has 8 heteroatoms. The second-order valence-electron chi connectivity index (χ2n) is 3.62. The van der Waals surface area contributed by atoms with Gasteiger partial charge in [0.25, 0.3) is 0 Å². The normalized spacial score (nSPS) is 9.80. The summed E-state index contributed by atoms with van der Waals surface area (Å²) in [7, 11) is 0. The number of amides is 2. The molecule has 0 aliphatic heterocycles. The van der Waals surface area contributed by atoms with Gasteiger partial charge in [-0.05, 0) is 24.3 Å². The van der Waals surface area contributed by atoms with Crippen molar-refractivity contribution in [1.29, 1.82) is 0 Å². The van der Waals surface area contributed by atoms with E-state index in [1.807, 2.05) is 0 Å². The van der Waals surface area contributed by atoms with Crippen molar-refractivity contribution in [1.82, 2.24) is 4.98 Å². The standard InChI is InChI=1S/C12H11N3O4S/c16-10(17)7-19-9-3-1-8(2-4-9)14-11(18)15-12-13-5-6-20-12/h1-6H,7H2,(H,16,17)(H2,13,14,15,18). The van der Waals surface area contributed by atoms with Crippen LogP contribution in [0.1, 0.15) is 0 Å². The van der Waals surface area contributed by atoms with E-state index in [0.29, 0.717) is 16.6 Å². The van der Waals surface area contributed by atoms with Crippen LogP contribution in [0, 0.1) is 0 Å². The summed E-state index contributed by atoms with van der Waals surface area (Å²) in [5.74, 6) is -0.631. The molecule has 0 saturated carbocycles. The Bertz CT molecular complexity index is 583. The Hall–Kier alpha value is -2.61. The molecule has 104 valence electrons. The zero-order valence-electron chi connectivity index (χ0n) is 10.2. The fourth-order valence-electron chi connectivity index (χ4n) is 1.32. The summed E-state index contributed by atoms with van der Waals surface area (Å²) in [4.78, 5) is 25.9. The first-order valence-electron chi connectivity index (χ1n) is 5.55. The van der Waals surface area contributed by atoms with Crippen LogP contribution in [-0.4, -0.2) is 28.7 Å². The van der Waals surface area contributed by atoms with Crippen molar-refractivity contribution >= 4 is 34.2 Å². The summed E-state index contributed by atoms with van der Waals surface area (Å²) in [6, 6.07) is 5.96. The van der Waals surface area contributed by atoms with E-state index in [9.17, 15) is 9.59 Å². The van der Waals surface area contributed by atoms with Crippen LogP contribution >= 0.6 is 11.3 Å². The quantitative estimate of drug-likeness (QED) is 0.785. The molecule has 0 aliphatic carbocycles. The van der Waals surface area contributed by atoms with Crippen molar-refractivity contribution in [3.8, 4) is 5.75 Å². The van der Waals surface area contributed by atoms with Crippen molar-refractivity contribution in [3.63, 3.8) is 0 Å². The molecule has 0 aliphatic rings. The Labute approximate surface area is 118 Å². The minimum atomic E-state index is -1.05. The second-order valence-corrected chi connectivity index (χ2v) is 4.52. The molecule has 0 radical (unpaired) electrons. The molecule has 1 aromatic carbocycles. The molecule has 1 aromatic heterocycles. The van der Waals surface area contributed by atoms with Crippen molar-refractivity contribution in [2.75, 3.05) is 17.2 Å². The fraction of sp³-hybridized carbons (Fsp3) is 0.0833. The highest BCUT2D eigenvalue weighted by Crippen LogP contribution is 2.16. The molecule has 0 saturated heterocycles. The van der Waals surface area contributed by atoms with Gasteiger partial charge in [0.1, 0.15) is 5.75 Å². The molecular weight excluding hydrogens is 282 g/mol. The second kappa shape index (κ2) is 6.53. The maximum Gasteiger partial charge on any atom is 0.341 e. The highest BCUT2D eigenvalue weighted by Gasteiger charge is 2.04. The van der Waals surface area contributed by atoms with Crippen LogP contribution in [0.2, 0.25) is 0 Å². The van der Waals surface area contributed by atoms with Gasteiger partial charge in [-0.1, -0.05) is 0 Å². The molecule has 0 atom stereocenters. The average Bonchev–Trinajstić information content (AvgIpc) is 2.90. The Morgan fingerprint density at radius 2 is 2.00 bits per heavy atom. The third-order valence-corrected chi connectivity index (χ3v) is 2.82. The van der Waals surface area contributed by atoms with Gasteiger partial charge in [-0.3, -0.25) is 5.32 Å². The van der Waals surface area contributed by atoms with Crippen molar-refractivity contribution in [3.05, 3.63) is 35.8 Å². The highest BCUT2D eigenvalue weighted by molar-refractivity contribution is 7.13. The number of benzene rings is 1. The lowest BCUT2D eigenvalue weighted by Crippen LogP contribution is -2.19. The molecule has 0 fully saturated rings. The van der Waals surface area contributed by atoms with Gasteiger partial charge in [0.05, 0.1) is 0 Å². The van der Waals surface area contributed by atoms with Crippen LogP contribution in [0.5, 0.6) is 5.75 Å². The number of aliphatic carboxylic acids is 1. The number of nitrogens with one attached hydrogen (secondary N) is 2. The Balaban J connectivity index is 1.86. The van der Waals surface area contributed by atoms with E-state index in [1.54, 1.807) is 35.8 Å². The predicted molar refractivity (Wildman–Crippen MR) is 74.3 cm³/mol. The number of anilines is 2. The van der Waals surface area contributed by atoms with Crippen LogP contribution in [0.3, 0.4) is 0 Å². The number of ether oxygens (including phenoxy) is 1. The van der Waals surface area contributed by atoms with E-state index in [4.69, 9.17) is 9.84 Å². The molecule has 0 spiro atoms.